The van der Waals surface area contributed by atoms with E-state index in [4.69, 9.17) is 17.3 Å². The molecule has 1 unspecified atom stereocenters. The van der Waals surface area contributed by atoms with Crippen LogP contribution in [0, 0.1) is 5.92 Å². The van der Waals surface area contributed by atoms with Crippen molar-refractivity contribution in [1.29, 1.82) is 0 Å². The molecule has 35 heavy (non-hydrogen) atoms. The van der Waals surface area contributed by atoms with Crippen LogP contribution in [0.2, 0.25) is 5.02 Å². The lowest BCUT2D eigenvalue weighted by Gasteiger charge is -2.40. The number of piperazine rings is 1. The van der Waals surface area contributed by atoms with Gasteiger partial charge < -0.3 is 15.7 Å². The number of carboxylic acids is 1. The van der Waals surface area contributed by atoms with E-state index in [0.717, 1.165) is 9.69 Å². The van der Waals surface area contributed by atoms with Gasteiger partial charge in [0, 0.05) is 30.6 Å². The van der Waals surface area contributed by atoms with Gasteiger partial charge in [0.05, 0.1) is 16.8 Å². The van der Waals surface area contributed by atoms with E-state index in [2.05, 4.69) is 4.99 Å². The van der Waals surface area contributed by atoms with E-state index in [0.29, 0.717) is 41.9 Å². The summed E-state index contributed by atoms with van der Waals surface area (Å²) in [5, 5.41) is 11.9. The van der Waals surface area contributed by atoms with Gasteiger partial charge in [0.2, 0.25) is 15.9 Å². The van der Waals surface area contributed by atoms with Crippen LogP contribution in [-0.2, 0) is 19.6 Å². The first-order chi connectivity index (χ1) is 16.6. The number of fused-ring (bicyclic) bond motifs is 1. The molecule has 1 saturated carbocycles. The first-order valence-corrected chi connectivity index (χ1v) is 13.4. The molecule has 3 N–H and O–H groups in total. The van der Waals surface area contributed by atoms with Crippen LogP contribution >= 0.6 is 11.6 Å². The number of nitrogens with two attached hydrogens (primary N) is 1. The van der Waals surface area contributed by atoms with E-state index >= 15 is 0 Å². The Labute approximate surface area is 209 Å². The number of carboxylic acid groups (broad SMARTS) is 1. The lowest BCUT2D eigenvalue weighted by Crippen LogP contribution is -2.60. The minimum atomic E-state index is -3.95. The third-order valence-corrected chi connectivity index (χ3v) is 8.85. The lowest BCUT2D eigenvalue weighted by atomic mass is 9.85. The van der Waals surface area contributed by atoms with E-state index in [1.807, 2.05) is 0 Å². The highest BCUT2D eigenvalue weighted by Gasteiger charge is 2.42. The Morgan fingerprint density at radius 3 is 2.37 bits per heavy atom. The van der Waals surface area contributed by atoms with Crippen molar-refractivity contribution < 1.29 is 23.1 Å². The molecule has 1 atom stereocenters. The van der Waals surface area contributed by atoms with Gasteiger partial charge in [-0.1, -0.05) is 23.7 Å². The van der Waals surface area contributed by atoms with Crippen molar-refractivity contribution >= 4 is 50.1 Å². The number of carbonyl (C=O) groups excluding carboxylic acids is 1. The molecule has 1 aliphatic carbocycles. The summed E-state index contributed by atoms with van der Waals surface area (Å²) in [6, 6.07) is 8.73. The molecule has 188 valence electrons. The smallest absolute Gasteiger partial charge is 0.327 e. The minimum absolute atomic E-state index is 0.0260. The maximum absolute atomic E-state index is 13.3. The van der Waals surface area contributed by atoms with Crippen molar-refractivity contribution in [2.24, 2.45) is 16.6 Å². The Morgan fingerprint density at radius 1 is 1.06 bits per heavy atom. The number of hydrogen-bond donors (Lipinski definition) is 2. The fourth-order valence-corrected chi connectivity index (χ4v) is 6.58. The number of amides is 1. The van der Waals surface area contributed by atoms with Crippen molar-refractivity contribution in [3.63, 3.8) is 0 Å². The molecule has 0 bridgehead atoms. The summed E-state index contributed by atoms with van der Waals surface area (Å²) >= 11 is 6.01. The van der Waals surface area contributed by atoms with Crippen LogP contribution in [0.15, 0.2) is 46.3 Å². The minimum Gasteiger partial charge on any atom is -0.480 e. The quantitative estimate of drug-likeness (QED) is 0.460. The molecule has 1 saturated heterocycles. The molecule has 1 heterocycles. The molecule has 2 aliphatic rings. The predicted molar refractivity (Wildman–Crippen MR) is 134 cm³/mol. The van der Waals surface area contributed by atoms with E-state index in [-0.39, 0.29) is 42.4 Å². The summed E-state index contributed by atoms with van der Waals surface area (Å²) in [5.41, 5.74) is 5.66. The molecule has 1 amide bonds. The zero-order chi connectivity index (χ0) is 25.3. The molecule has 0 spiro atoms. The molecule has 11 heteroatoms. The van der Waals surface area contributed by atoms with Crippen LogP contribution in [0.3, 0.4) is 0 Å². The predicted octanol–water partition coefficient (Wildman–Crippen LogP) is 2.72. The Bertz CT molecular complexity index is 1270. The number of carbonyl (C=O) groups is 2. The average Bonchev–Trinajstić information content (AvgIpc) is 2.82. The third-order valence-electron chi connectivity index (χ3n) is 6.75. The summed E-state index contributed by atoms with van der Waals surface area (Å²) in [6.45, 7) is 1.49. The fourth-order valence-electron chi connectivity index (χ4n) is 4.93. The zero-order valence-corrected chi connectivity index (χ0v) is 21.0. The SMILES string of the molecule is CC(N)=NC1CCC(C(=O)N2CCN(S(=O)(=O)c3ccc4cc(Cl)ccc4c3)CC2C(=O)O)CC1. The van der Waals surface area contributed by atoms with Gasteiger partial charge in [-0.2, -0.15) is 4.31 Å². The van der Waals surface area contributed by atoms with E-state index in [1.165, 1.54) is 11.0 Å². The van der Waals surface area contributed by atoms with Gasteiger partial charge in [-0.05, 0) is 67.6 Å². The van der Waals surface area contributed by atoms with Gasteiger partial charge in [-0.3, -0.25) is 9.79 Å². The highest BCUT2D eigenvalue weighted by atomic mass is 35.5. The summed E-state index contributed by atoms with van der Waals surface area (Å²) in [6.07, 6.45) is 2.63. The Balaban J connectivity index is 1.49. The molecule has 2 aromatic carbocycles. The second-order valence-corrected chi connectivity index (χ2v) is 11.6. The molecular formula is C24H29ClN4O5S. The molecule has 9 nitrogen and oxygen atoms in total. The average molecular weight is 521 g/mol. The first kappa shape index (κ1) is 25.4. The van der Waals surface area contributed by atoms with Crippen LogP contribution in [0.4, 0.5) is 0 Å². The summed E-state index contributed by atoms with van der Waals surface area (Å²) in [5.74, 6) is -1.23. The Hall–Kier alpha value is -2.69. The number of rotatable bonds is 5. The maximum Gasteiger partial charge on any atom is 0.327 e. The number of benzene rings is 2. The van der Waals surface area contributed by atoms with E-state index < -0.39 is 22.0 Å². The van der Waals surface area contributed by atoms with Crippen LogP contribution in [-0.4, -0.2) is 72.2 Å². The van der Waals surface area contributed by atoms with Gasteiger partial charge in [0.25, 0.3) is 0 Å². The number of nitrogens with zero attached hydrogens (tertiary/aromatic N) is 3. The fraction of sp³-hybridized carbons (Fsp3) is 0.458. The monoisotopic (exact) mass is 520 g/mol. The van der Waals surface area contributed by atoms with Crippen molar-refractivity contribution in [2.45, 2.75) is 49.6 Å². The molecule has 2 aromatic rings. The number of halogens is 1. The first-order valence-electron chi connectivity index (χ1n) is 11.6. The molecule has 2 fully saturated rings. The van der Waals surface area contributed by atoms with Gasteiger partial charge in [0.15, 0.2) is 0 Å². The van der Waals surface area contributed by atoms with Crippen molar-refractivity contribution in [2.75, 3.05) is 19.6 Å². The number of aliphatic carboxylic acids is 1. The molecule has 0 radical (unpaired) electrons. The second-order valence-electron chi connectivity index (χ2n) is 9.18. The normalized spacial score (nSPS) is 24.5. The molecular weight excluding hydrogens is 492 g/mol. The standard InChI is InChI=1S/C24H29ClN4O5S/c1-15(26)27-20-7-3-16(4-8-20)23(30)29-11-10-28(14-22(29)24(31)32)35(33,34)21-9-5-17-12-19(25)6-2-18(17)13-21/h2,5-6,9,12-13,16,20,22H,3-4,7-8,10-11,14H2,1H3,(H2,26,27)(H,31,32). The molecule has 1 aliphatic heterocycles. The highest BCUT2D eigenvalue weighted by molar-refractivity contribution is 7.89. The lowest BCUT2D eigenvalue weighted by molar-refractivity contribution is -0.155. The largest absolute Gasteiger partial charge is 0.480 e. The maximum atomic E-state index is 13.3. The van der Waals surface area contributed by atoms with Crippen LogP contribution < -0.4 is 5.73 Å². The van der Waals surface area contributed by atoms with Crippen molar-refractivity contribution in [3.05, 3.63) is 41.4 Å². The Morgan fingerprint density at radius 2 is 1.71 bits per heavy atom. The number of aliphatic imine (C=N–C) groups is 1. The number of sulfonamides is 1. The van der Waals surface area contributed by atoms with Gasteiger partial charge >= 0.3 is 5.97 Å². The number of amidine groups is 1. The van der Waals surface area contributed by atoms with Gasteiger partial charge in [-0.25, -0.2) is 13.2 Å². The van der Waals surface area contributed by atoms with Gasteiger partial charge in [-0.15, -0.1) is 0 Å². The highest BCUT2D eigenvalue weighted by Crippen LogP contribution is 2.30. The summed E-state index contributed by atoms with van der Waals surface area (Å²) in [7, 11) is -3.95. The summed E-state index contributed by atoms with van der Waals surface area (Å²) in [4.78, 5) is 31.1. The second kappa shape index (κ2) is 10.1. The topological polar surface area (TPSA) is 133 Å². The van der Waals surface area contributed by atoms with Crippen LogP contribution in [0.25, 0.3) is 10.8 Å². The third kappa shape index (κ3) is 5.44. The number of hydrogen-bond acceptors (Lipinski definition) is 5. The summed E-state index contributed by atoms with van der Waals surface area (Å²) < 4.78 is 27.9. The van der Waals surface area contributed by atoms with Gasteiger partial charge in [0.1, 0.15) is 6.04 Å². The van der Waals surface area contributed by atoms with Crippen LogP contribution in [0.5, 0.6) is 0 Å². The van der Waals surface area contributed by atoms with E-state index in [9.17, 15) is 23.1 Å². The molecule has 4 rings (SSSR count). The van der Waals surface area contributed by atoms with Crippen LogP contribution in [0.1, 0.15) is 32.6 Å². The molecule has 0 aromatic heterocycles. The van der Waals surface area contributed by atoms with E-state index in [1.54, 1.807) is 37.3 Å². The zero-order valence-electron chi connectivity index (χ0n) is 19.4. The Kier molecular flexibility index (Phi) is 7.35. The van der Waals surface area contributed by atoms with Crippen molar-refractivity contribution in [1.82, 2.24) is 9.21 Å². The van der Waals surface area contributed by atoms with Crippen molar-refractivity contribution in [3.8, 4) is 0 Å².